The summed E-state index contributed by atoms with van der Waals surface area (Å²) in [5.41, 5.74) is -0.427. The first-order valence-corrected chi connectivity index (χ1v) is 11.6. The third-order valence-electron chi connectivity index (χ3n) is 5.63. The van der Waals surface area contributed by atoms with Gasteiger partial charge < -0.3 is 20.1 Å². The van der Waals surface area contributed by atoms with Crippen molar-refractivity contribution in [1.29, 1.82) is 0 Å². The summed E-state index contributed by atoms with van der Waals surface area (Å²) in [6.45, 7) is 5.64. The van der Waals surface area contributed by atoms with Crippen molar-refractivity contribution in [3.63, 3.8) is 0 Å². The molecule has 4 rings (SSSR count). The molecule has 1 aromatic carbocycles. The van der Waals surface area contributed by atoms with Crippen LogP contribution in [0.1, 0.15) is 53.9 Å². The van der Waals surface area contributed by atoms with Gasteiger partial charge in [-0.15, -0.1) is 11.3 Å². The first-order chi connectivity index (χ1) is 15.8. The van der Waals surface area contributed by atoms with Gasteiger partial charge in [0, 0.05) is 16.9 Å². The molecule has 0 bridgehead atoms. The molecule has 2 aliphatic heterocycles. The number of nitrogens with zero attached hydrogens (tertiary/aromatic N) is 1. The third-order valence-corrected chi connectivity index (χ3v) is 6.98. The molecule has 1 saturated heterocycles. The highest BCUT2D eigenvalue weighted by Crippen LogP contribution is 2.41. The number of ether oxygens (including phenoxy) is 2. The maximum absolute atomic E-state index is 13.3. The Bertz CT molecular complexity index is 1130. The monoisotopic (exact) mass is 471 g/mol. The number of amides is 4. The van der Waals surface area contributed by atoms with Crippen LogP contribution in [0.15, 0.2) is 30.3 Å². The van der Waals surface area contributed by atoms with Gasteiger partial charge in [-0.1, -0.05) is 32.0 Å². The number of hydrogen-bond acceptors (Lipinski definition) is 7. The van der Waals surface area contributed by atoms with E-state index in [1.807, 2.05) is 13.8 Å². The van der Waals surface area contributed by atoms with E-state index in [0.29, 0.717) is 16.3 Å². The van der Waals surface area contributed by atoms with Gasteiger partial charge in [0.15, 0.2) is 5.54 Å². The molecule has 0 unspecified atom stereocenters. The number of fused-ring (bicyclic) bond motifs is 2. The molecule has 9 nitrogen and oxygen atoms in total. The lowest BCUT2D eigenvalue weighted by atomic mass is 9.84. The van der Waals surface area contributed by atoms with E-state index in [1.54, 1.807) is 37.3 Å². The van der Waals surface area contributed by atoms with Crippen LogP contribution in [0.4, 0.5) is 9.80 Å². The molecule has 4 amide bonds. The zero-order valence-electron chi connectivity index (χ0n) is 18.6. The van der Waals surface area contributed by atoms with Crippen molar-refractivity contribution in [3.05, 3.63) is 46.3 Å². The number of thiophene rings is 1. The van der Waals surface area contributed by atoms with Gasteiger partial charge in [0.2, 0.25) is 5.91 Å². The number of carbonyl (C=O) groups excluding carboxylic acids is 4. The zero-order valence-corrected chi connectivity index (χ0v) is 19.4. The summed E-state index contributed by atoms with van der Waals surface area (Å²) in [5.74, 6) is -0.948. The largest absolute Gasteiger partial charge is 0.493 e. The zero-order chi connectivity index (χ0) is 23.8. The van der Waals surface area contributed by atoms with Crippen LogP contribution in [0.2, 0.25) is 0 Å². The Labute approximate surface area is 195 Å². The number of hydrogen-bond donors (Lipinski definition) is 2. The molecule has 0 saturated carbocycles. The lowest BCUT2D eigenvalue weighted by Gasteiger charge is -2.33. The number of anilines is 1. The van der Waals surface area contributed by atoms with Gasteiger partial charge in [0.25, 0.3) is 5.91 Å². The van der Waals surface area contributed by atoms with Gasteiger partial charge in [-0.25, -0.2) is 9.59 Å². The molecule has 1 fully saturated rings. The van der Waals surface area contributed by atoms with E-state index in [4.69, 9.17) is 9.47 Å². The highest BCUT2D eigenvalue weighted by Gasteiger charge is 2.55. The summed E-state index contributed by atoms with van der Waals surface area (Å²) < 4.78 is 10.7. The Morgan fingerprint density at radius 2 is 2.06 bits per heavy atom. The highest BCUT2D eigenvalue weighted by atomic mass is 32.1. The Kier molecular flexibility index (Phi) is 6.11. The van der Waals surface area contributed by atoms with Gasteiger partial charge in [0.05, 0.1) is 18.8 Å². The van der Waals surface area contributed by atoms with Gasteiger partial charge in [-0.3, -0.25) is 14.5 Å². The minimum Gasteiger partial charge on any atom is -0.493 e. The number of benzene rings is 1. The topological polar surface area (TPSA) is 114 Å². The van der Waals surface area contributed by atoms with Crippen LogP contribution in [0, 0.1) is 0 Å². The maximum atomic E-state index is 13.3. The maximum Gasteiger partial charge on any atom is 0.341 e. The second-order valence-electron chi connectivity index (χ2n) is 8.14. The van der Waals surface area contributed by atoms with Crippen LogP contribution >= 0.6 is 11.3 Å². The molecule has 33 heavy (non-hydrogen) atoms. The van der Waals surface area contributed by atoms with Crippen molar-refractivity contribution < 1.29 is 28.7 Å². The molecule has 0 aliphatic carbocycles. The van der Waals surface area contributed by atoms with Crippen molar-refractivity contribution in [2.45, 2.75) is 38.6 Å². The minimum absolute atomic E-state index is 0.146. The number of carbonyl (C=O) groups is 4. The second-order valence-corrected chi connectivity index (χ2v) is 9.22. The molecule has 1 atom stereocenters. The van der Waals surface area contributed by atoms with Gasteiger partial charge in [0.1, 0.15) is 17.3 Å². The molecular weight excluding hydrogens is 446 g/mol. The third kappa shape index (κ3) is 4.06. The van der Waals surface area contributed by atoms with Gasteiger partial charge in [-0.05, 0) is 25.0 Å². The van der Waals surface area contributed by atoms with Crippen molar-refractivity contribution in [2.24, 2.45) is 0 Å². The van der Waals surface area contributed by atoms with E-state index in [9.17, 15) is 19.2 Å². The smallest absolute Gasteiger partial charge is 0.341 e. The number of nitrogens with one attached hydrogen (secondary N) is 2. The molecule has 1 aromatic heterocycles. The molecule has 3 heterocycles. The minimum atomic E-state index is -1.25. The Morgan fingerprint density at radius 1 is 1.30 bits per heavy atom. The highest BCUT2D eigenvalue weighted by molar-refractivity contribution is 7.16. The Hall–Kier alpha value is -3.40. The fourth-order valence-corrected chi connectivity index (χ4v) is 5.04. The average Bonchev–Trinajstić information content (AvgIpc) is 3.30. The van der Waals surface area contributed by atoms with Crippen LogP contribution in [-0.4, -0.2) is 48.5 Å². The molecule has 0 radical (unpaired) electrons. The van der Waals surface area contributed by atoms with Crippen molar-refractivity contribution in [1.82, 2.24) is 10.2 Å². The van der Waals surface area contributed by atoms with E-state index >= 15 is 0 Å². The summed E-state index contributed by atoms with van der Waals surface area (Å²) in [7, 11) is 0. The van der Waals surface area contributed by atoms with Crippen molar-refractivity contribution >= 4 is 40.2 Å². The number of esters is 1. The first kappa shape index (κ1) is 22.8. The second kappa shape index (κ2) is 8.86. The van der Waals surface area contributed by atoms with E-state index in [2.05, 4.69) is 10.6 Å². The molecule has 10 heteroatoms. The predicted octanol–water partition coefficient (Wildman–Crippen LogP) is 3.22. The van der Waals surface area contributed by atoms with Crippen LogP contribution in [-0.2, 0) is 19.9 Å². The molecule has 1 spiro atoms. The molecule has 2 aliphatic rings. The number of urea groups is 1. The standard InChI is InChI=1S/C23H25N3O6S/c1-4-31-20(28)14-11-17(13(2)3)33-19(14)24-18(27)12-26-21(29)23(25-22(26)30)9-10-32-16-8-6-5-7-15(16)23/h5-8,11,13H,4,9-10,12H2,1-3H3,(H,24,27)(H,25,30)/t23-/m0/s1. The number of imide groups is 1. The van der Waals surface area contributed by atoms with Crippen molar-refractivity contribution in [3.8, 4) is 5.75 Å². The summed E-state index contributed by atoms with van der Waals surface area (Å²) in [5, 5.41) is 5.78. The van der Waals surface area contributed by atoms with Crippen LogP contribution in [0.25, 0.3) is 0 Å². The SMILES string of the molecule is CCOC(=O)c1cc(C(C)C)sc1NC(=O)CN1C(=O)N[C@]2(CCOc3ccccc32)C1=O. The van der Waals surface area contributed by atoms with Crippen LogP contribution in [0.5, 0.6) is 5.75 Å². The average molecular weight is 472 g/mol. The van der Waals surface area contributed by atoms with Crippen molar-refractivity contribution in [2.75, 3.05) is 25.1 Å². The fraction of sp³-hybridized carbons (Fsp3) is 0.391. The van der Waals surface area contributed by atoms with E-state index < -0.39 is 35.9 Å². The van der Waals surface area contributed by atoms with E-state index in [-0.39, 0.29) is 31.1 Å². The predicted molar refractivity (Wildman–Crippen MR) is 121 cm³/mol. The van der Waals surface area contributed by atoms with E-state index in [1.165, 1.54) is 11.3 Å². The quantitative estimate of drug-likeness (QED) is 0.494. The Morgan fingerprint density at radius 3 is 2.79 bits per heavy atom. The summed E-state index contributed by atoms with van der Waals surface area (Å²) in [4.78, 5) is 53.0. The summed E-state index contributed by atoms with van der Waals surface area (Å²) in [6.07, 6.45) is 0.266. The van der Waals surface area contributed by atoms with Gasteiger partial charge >= 0.3 is 12.0 Å². The summed E-state index contributed by atoms with van der Waals surface area (Å²) in [6, 6.07) is 8.09. The van der Waals surface area contributed by atoms with E-state index in [0.717, 1.165) is 9.78 Å². The molecule has 174 valence electrons. The van der Waals surface area contributed by atoms with Crippen LogP contribution in [0.3, 0.4) is 0 Å². The Balaban J connectivity index is 1.54. The number of para-hydroxylation sites is 1. The lowest BCUT2D eigenvalue weighted by molar-refractivity contribution is -0.135. The summed E-state index contributed by atoms with van der Waals surface area (Å²) >= 11 is 1.27. The molecular formula is C23H25N3O6S. The fourth-order valence-electron chi connectivity index (χ4n) is 3.97. The van der Waals surface area contributed by atoms with Crippen LogP contribution < -0.4 is 15.4 Å². The number of rotatable bonds is 6. The lowest BCUT2D eigenvalue weighted by Crippen LogP contribution is -2.48. The van der Waals surface area contributed by atoms with Gasteiger partial charge in [-0.2, -0.15) is 0 Å². The molecule has 2 aromatic rings. The normalized spacial score (nSPS) is 19.3. The first-order valence-electron chi connectivity index (χ1n) is 10.7. The molecule has 2 N–H and O–H groups in total.